The van der Waals surface area contributed by atoms with Gasteiger partial charge >= 0.3 is 6.18 Å². The van der Waals surface area contributed by atoms with Crippen molar-refractivity contribution in [3.05, 3.63) is 6.33 Å². The van der Waals surface area contributed by atoms with Crippen LogP contribution in [0.4, 0.5) is 24.8 Å². The van der Waals surface area contributed by atoms with Crippen LogP contribution < -0.4 is 15.0 Å². The van der Waals surface area contributed by atoms with Crippen LogP contribution in [0.2, 0.25) is 0 Å². The van der Waals surface area contributed by atoms with Crippen LogP contribution in [0.1, 0.15) is 12.8 Å². The summed E-state index contributed by atoms with van der Waals surface area (Å²) in [6, 6.07) is 0. The summed E-state index contributed by atoms with van der Waals surface area (Å²) in [5, 5.41) is 2.84. The number of alkyl halides is 3. The number of hydrogen-bond donors (Lipinski definition) is 1. The molecule has 1 aliphatic rings. The molecule has 1 N–H and O–H groups in total. The van der Waals surface area contributed by atoms with Gasteiger partial charge in [-0.3, -0.25) is 0 Å². The fourth-order valence-electron chi connectivity index (χ4n) is 2.39. The third kappa shape index (κ3) is 2.88. The maximum absolute atomic E-state index is 12.9. The number of hydrogen-bond acceptors (Lipinski definition) is 5. The molecule has 1 aromatic rings. The first-order chi connectivity index (χ1) is 9.47. The lowest BCUT2D eigenvalue weighted by Crippen LogP contribution is -2.42. The van der Waals surface area contributed by atoms with E-state index in [0.717, 1.165) is 0 Å². The van der Waals surface area contributed by atoms with Crippen LogP contribution in [-0.4, -0.2) is 43.4 Å². The Morgan fingerprint density at radius 3 is 2.75 bits per heavy atom. The molecule has 112 valence electrons. The van der Waals surface area contributed by atoms with Crippen molar-refractivity contribution in [3.8, 4) is 5.75 Å². The summed E-state index contributed by atoms with van der Waals surface area (Å²) < 4.78 is 43.8. The molecule has 0 saturated carbocycles. The van der Waals surface area contributed by atoms with Gasteiger partial charge in [-0.05, 0) is 12.8 Å². The fourth-order valence-corrected chi connectivity index (χ4v) is 2.39. The van der Waals surface area contributed by atoms with Gasteiger partial charge in [0.25, 0.3) is 0 Å². The quantitative estimate of drug-likeness (QED) is 0.925. The molecule has 0 spiro atoms. The zero-order chi connectivity index (χ0) is 14.8. The molecule has 0 radical (unpaired) electrons. The van der Waals surface area contributed by atoms with Crippen molar-refractivity contribution in [1.29, 1.82) is 0 Å². The smallest absolute Gasteiger partial charge is 0.393 e. The van der Waals surface area contributed by atoms with Gasteiger partial charge in [0.05, 0.1) is 13.0 Å². The van der Waals surface area contributed by atoms with Gasteiger partial charge in [-0.2, -0.15) is 13.2 Å². The second kappa shape index (κ2) is 5.72. The lowest BCUT2D eigenvalue weighted by Gasteiger charge is -2.35. The van der Waals surface area contributed by atoms with Crippen molar-refractivity contribution in [3.63, 3.8) is 0 Å². The van der Waals surface area contributed by atoms with Gasteiger partial charge in [0.15, 0.2) is 11.6 Å². The number of nitrogens with one attached hydrogen (secondary N) is 1. The van der Waals surface area contributed by atoms with Crippen molar-refractivity contribution in [2.45, 2.75) is 19.0 Å². The highest BCUT2D eigenvalue weighted by Crippen LogP contribution is 2.38. The standard InChI is InChI=1S/C12H17F3N4O/c1-16-10-9(20-2)11(18-7-17-10)19-5-3-4-8(6-19)12(13,14)15/h7-8H,3-6H2,1-2H3,(H,16,17,18). The Kier molecular flexibility index (Phi) is 4.20. The number of halogens is 3. The molecule has 0 aromatic carbocycles. The summed E-state index contributed by atoms with van der Waals surface area (Å²) in [6.45, 7) is 0.434. The van der Waals surface area contributed by atoms with Gasteiger partial charge in [-0.1, -0.05) is 0 Å². The Morgan fingerprint density at radius 1 is 1.40 bits per heavy atom. The van der Waals surface area contributed by atoms with E-state index in [4.69, 9.17) is 4.74 Å². The first-order valence-electron chi connectivity index (χ1n) is 6.35. The minimum Gasteiger partial charge on any atom is -0.490 e. The highest BCUT2D eigenvalue weighted by atomic mass is 19.4. The van der Waals surface area contributed by atoms with E-state index in [0.29, 0.717) is 30.4 Å². The zero-order valence-electron chi connectivity index (χ0n) is 11.4. The van der Waals surface area contributed by atoms with Gasteiger partial charge in [-0.25, -0.2) is 9.97 Å². The molecule has 8 heteroatoms. The lowest BCUT2D eigenvalue weighted by atomic mass is 9.97. The molecule has 1 fully saturated rings. The molecular weight excluding hydrogens is 273 g/mol. The summed E-state index contributed by atoms with van der Waals surface area (Å²) in [6.07, 6.45) is -2.22. The molecular formula is C12H17F3N4O. The first-order valence-corrected chi connectivity index (χ1v) is 6.35. The van der Waals surface area contributed by atoms with Crippen LogP contribution in [-0.2, 0) is 0 Å². The van der Waals surface area contributed by atoms with Crippen LogP contribution in [0.15, 0.2) is 6.33 Å². The van der Waals surface area contributed by atoms with E-state index in [1.54, 1.807) is 11.9 Å². The van der Waals surface area contributed by atoms with E-state index in [1.807, 2.05) is 0 Å². The van der Waals surface area contributed by atoms with Crippen LogP contribution in [0, 0.1) is 5.92 Å². The highest BCUT2D eigenvalue weighted by Gasteiger charge is 2.42. The predicted octanol–water partition coefficient (Wildman–Crippen LogP) is 2.31. The Hall–Kier alpha value is -1.73. The third-order valence-corrected chi connectivity index (χ3v) is 3.41. The molecule has 1 saturated heterocycles. The van der Waals surface area contributed by atoms with Crippen LogP contribution in [0.25, 0.3) is 0 Å². The van der Waals surface area contributed by atoms with Crippen molar-refractivity contribution < 1.29 is 17.9 Å². The van der Waals surface area contributed by atoms with E-state index in [2.05, 4.69) is 15.3 Å². The molecule has 1 aliphatic heterocycles. The molecule has 2 rings (SSSR count). The monoisotopic (exact) mass is 290 g/mol. The minimum absolute atomic E-state index is 0.0972. The number of ether oxygens (including phenoxy) is 1. The molecule has 5 nitrogen and oxygen atoms in total. The molecule has 0 amide bonds. The molecule has 1 unspecified atom stereocenters. The number of aromatic nitrogens is 2. The largest absolute Gasteiger partial charge is 0.490 e. The summed E-state index contributed by atoms with van der Waals surface area (Å²) in [7, 11) is 3.12. The highest BCUT2D eigenvalue weighted by molar-refractivity contribution is 5.64. The lowest BCUT2D eigenvalue weighted by molar-refractivity contribution is -0.176. The van der Waals surface area contributed by atoms with Gasteiger partial charge in [-0.15, -0.1) is 0 Å². The van der Waals surface area contributed by atoms with E-state index in [-0.39, 0.29) is 13.0 Å². The van der Waals surface area contributed by atoms with Crippen molar-refractivity contribution in [2.24, 2.45) is 5.92 Å². The van der Waals surface area contributed by atoms with E-state index < -0.39 is 12.1 Å². The Bertz CT molecular complexity index is 467. The molecule has 20 heavy (non-hydrogen) atoms. The SMILES string of the molecule is CNc1ncnc(N2CCCC(C(F)(F)F)C2)c1OC. The predicted molar refractivity (Wildman–Crippen MR) is 69.1 cm³/mol. The summed E-state index contributed by atoms with van der Waals surface area (Å²) >= 11 is 0. The van der Waals surface area contributed by atoms with Gasteiger partial charge in [0.1, 0.15) is 6.33 Å². The van der Waals surface area contributed by atoms with Crippen LogP contribution in [0.3, 0.4) is 0 Å². The number of methoxy groups -OCH3 is 1. The topological polar surface area (TPSA) is 50.3 Å². The van der Waals surface area contributed by atoms with E-state index in [9.17, 15) is 13.2 Å². The van der Waals surface area contributed by atoms with Gasteiger partial charge in [0.2, 0.25) is 5.75 Å². The average Bonchev–Trinajstić information content (AvgIpc) is 2.45. The number of piperidine rings is 1. The van der Waals surface area contributed by atoms with Crippen LogP contribution in [0.5, 0.6) is 5.75 Å². The Morgan fingerprint density at radius 2 is 2.15 bits per heavy atom. The number of nitrogens with zero attached hydrogens (tertiary/aromatic N) is 3. The van der Waals surface area contributed by atoms with Crippen molar-refractivity contribution in [2.75, 3.05) is 37.5 Å². The molecule has 0 bridgehead atoms. The number of anilines is 2. The molecule has 1 aromatic heterocycles. The zero-order valence-corrected chi connectivity index (χ0v) is 11.4. The summed E-state index contributed by atoms with van der Waals surface area (Å²) in [5.74, 6) is -0.0841. The maximum atomic E-state index is 12.9. The number of rotatable bonds is 3. The van der Waals surface area contributed by atoms with E-state index >= 15 is 0 Å². The normalized spacial score (nSPS) is 19.9. The molecule has 0 aliphatic carbocycles. The third-order valence-electron chi connectivity index (χ3n) is 3.41. The fraction of sp³-hybridized carbons (Fsp3) is 0.667. The second-order valence-electron chi connectivity index (χ2n) is 4.66. The minimum atomic E-state index is -4.18. The van der Waals surface area contributed by atoms with Gasteiger partial charge in [0, 0.05) is 20.1 Å². The Labute approximate surface area is 115 Å². The summed E-state index contributed by atoms with van der Waals surface area (Å²) in [4.78, 5) is 9.69. The maximum Gasteiger partial charge on any atom is 0.393 e. The van der Waals surface area contributed by atoms with Crippen LogP contribution >= 0.6 is 0 Å². The second-order valence-corrected chi connectivity index (χ2v) is 4.66. The van der Waals surface area contributed by atoms with Crippen molar-refractivity contribution >= 4 is 11.6 Å². The molecule has 2 heterocycles. The Balaban J connectivity index is 2.27. The van der Waals surface area contributed by atoms with Gasteiger partial charge < -0.3 is 15.0 Å². The first kappa shape index (κ1) is 14.7. The van der Waals surface area contributed by atoms with E-state index in [1.165, 1.54) is 13.4 Å². The molecule has 1 atom stereocenters. The average molecular weight is 290 g/mol. The summed E-state index contributed by atoms with van der Waals surface area (Å²) in [5.41, 5.74) is 0. The van der Waals surface area contributed by atoms with Crippen molar-refractivity contribution in [1.82, 2.24) is 9.97 Å².